The maximum absolute atomic E-state index is 10.7. The van der Waals surface area contributed by atoms with E-state index < -0.39 is 0 Å². The molecule has 0 spiro atoms. The molecule has 54 valence electrons. The van der Waals surface area contributed by atoms with Crippen molar-refractivity contribution in [3.05, 3.63) is 0 Å². The Morgan fingerprint density at radius 3 is 2.90 bits per heavy atom. The van der Waals surface area contributed by atoms with Gasteiger partial charge in [0.15, 0.2) is 0 Å². The molecule has 0 heterocycles. The second kappa shape index (κ2) is 3.59. The SMILES string of the molecule is O=C(CCC1CC1)N=C=S. The van der Waals surface area contributed by atoms with Gasteiger partial charge in [0.25, 0.3) is 5.91 Å². The molecule has 2 nitrogen and oxygen atoms in total. The van der Waals surface area contributed by atoms with Crippen molar-refractivity contribution >= 4 is 23.3 Å². The van der Waals surface area contributed by atoms with E-state index in [1.165, 1.54) is 12.8 Å². The van der Waals surface area contributed by atoms with Crippen LogP contribution in [0.25, 0.3) is 0 Å². The van der Waals surface area contributed by atoms with Crippen molar-refractivity contribution in [3.63, 3.8) is 0 Å². The van der Waals surface area contributed by atoms with Crippen molar-refractivity contribution in [2.24, 2.45) is 10.9 Å². The lowest BCUT2D eigenvalue weighted by Gasteiger charge is -1.89. The Kier molecular flexibility index (Phi) is 2.72. The standard InChI is InChI=1S/C7H9NOS/c9-7(8-5-10)4-3-6-1-2-6/h6H,1-4H2. The van der Waals surface area contributed by atoms with Gasteiger partial charge in [-0.2, -0.15) is 4.99 Å². The van der Waals surface area contributed by atoms with Crippen molar-refractivity contribution in [1.82, 2.24) is 0 Å². The van der Waals surface area contributed by atoms with Gasteiger partial charge in [-0.25, -0.2) is 0 Å². The summed E-state index contributed by atoms with van der Waals surface area (Å²) in [5.41, 5.74) is 0. The third kappa shape index (κ3) is 2.85. The number of carbonyl (C=O) groups is 1. The van der Waals surface area contributed by atoms with Gasteiger partial charge < -0.3 is 0 Å². The minimum atomic E-state index is -0.123. The molecule has 0 unspecified atom stereocenters. The van der Waals surface area contributed by atoms with Gasteiger partial charge in [0, 0.05) is 6.42 Å². The summed E-state index contributed by atoms with van der Waals surface area (Å²) >= 11 is 4.29. The van der Waals surface area contributed by atoms with Gasteiger partial charge in [-0.1, -0.05) is 12.8 Å². The summed E-state index contributed by atoms with van der Waals surface area (Å²) in [6.07, 6.45) is 4.11. The molecule has 0 atom stereocenters. The summed E-state index contributed by atoms with van der Waals surface area (Å²) < 4.78 is 0. The van der Waals surface area contributed by atoms with Gasteiger partial charge in [0.05, 0.1) is 5.16 Å². The molecule has 1 amide bonds. The first-order valence-corrected chi connectivity index (χ1v) is 3.84. The zero-order valence-corrected chi connectivity index (χ0v) is 6.49. The summed E-state index contributed by atoms with van der Waals surface area (Å²) in [7, 11) is 0. The average Bonchev–Trinajstić information content (AvgIpc) is 2.67. The molecule has 3 heteroatoms. The highest BCUT2D eigenvalue weighted by Crippen LogP contribution is 2.33. The Balaban J connectivity index is 2.10. The highest BCUT2D eigenvalue weighted by atomic mass is 32.1. The Morgan fingerprint density at radius 2 is 2.40 bits per heavy atom. The molecule has 0 aromatic rings. The van der Waals surface area contributed by atoms with Crippen molar-refractivity contribution in [2.45, 2.75) is 25.7 Å². The van der Waals surface area contributed by atoms with E-state index in [4.69, 9.17) is 0 Å². The maximum Gasteiger partial charge on any atom is 0.254 e. The van der Waals surface area contributed by atoms with Crippen molar-refractivity contribution in [1.29, 1.82) is 0 Å². The number of amides is 1. The van der Waals surface area contributed by atoms with Gasteiger partial charge in [-0.05, 0) is 24.6 Å². The van der Waals surface area contributed by atoms with Gasteiger partial charge in [0.1, 0.15) is 0 Å². The van der Waals surface area contributed by atoms with Crippen LogP contribution in [-0.2, 0) is 4.79 Å². The van der Waals surface area contributed by atoms with Crippen LogP contribution in [0.3, 0.4) is 0 Å². The smallest absolute Gasteiger partial charge is 0.254 e. The van der Waals surface area contributed by atoms with E-state index in [0.29, 0.717) is 6.42 Å². The predicted octanol–water partition coefficient (Wildman–Crippen LogP) is 1.81. The quantitative estimate of drug-likeness (QED) is 0.459. The Hall–Kier alpha value is -0.530. The fourth-order valence-electron chi connectivity index (χ4n) is 0.841. The lowest BCUT2D eigenvalue weighted by atomic mass is 10.2. The van der Waals surface area contributed by atoms with Gasteiger partial charge in [-0.15, -0.1) is 0 Å². The molecular formula is C7H9NOS. The number of nitrogens with zero attached hydrogens (tertiary/aromatic N) is 1. The van der Waals surface area contributed by atoms with E-state index >= 15 is 0 Å². The summed E-state index contributed by atoms with van der Waals surface area (Å²) in [5.74, 6) is 0.672. The summed E-state index contributed by atoms with van der Waals surface area (Å²) in [6, 6.07) is 0. The third-order valence-corrected chi connectivity index (χ3v) is 1.73. The van der Waals surface area contributed by atoms with Crippen LogP contribution in [0, 0.1) is 5.92 Å². The summed E-state index contributed by atoms with van der Waals surface area (Å²) in [4.78, 5) is 14.0. The Labute approximate surface area is 65.3 Å². The molecule has 1 aliphatic rings. The molecule has 0 N–H and O–H groups in total. The molecule has 0 aliphatic heterocycles. The van der Waals surface area contributed by atoms with E-state index in [-0.39, 0.29) is 5.91 Å². The molecular weight excluding hydrogens is 146 g/mol. The first-order valence-electron chi connectivity index (χ1n) is 3.43. The van der Waals surface area contributed by atoms with Crippen LogP contribution in [0.5, 0.6) is 0 Å². The molecule has 0 bridgehead atoms. The highest BCUT2D eigenvalue weighted by Gasteiger charge is 2.21. The second-order valence-corrected chi connectivity index (χ2v) is 2.76. The van der Waals surface area contributed by atoms with Crippen molar-refractivity contribution in [2.75, 3.05) is 0 Å². The topological polar surface area (TPSA) is 29.4 Å². The van der Waals surface area contributed by atoms with E-state index in [1.807, 2.05) is 0 Å². The fraction of sp³-hybridized carbons (Fsp3) is 0.714. The normalized spacial score (nSPS) is 16.0. The van der Waals surface area contributed by atoms with E-state index in [2.05, 4.69) is 22.4 Å². The maximum atomic E-state index is 10.7. The fourth-order valence-corrected chi connectivity index (χ4v) is 0.943. The van der Waals surface area contributed by atoms with Gasteiger partial charge in [0.2, 0.25) is 0 Å². The molecule has 0 radical (unpaired) electrons. The molecule has 0 aromatic heterocycles. The molecule has 1 saturated carbocycles. The van der Waals surface area contributed by atoms with Crippen LogP contribution in [-0.4, -0.2) is 11.1 Å². The average molecular weight is 155 g/mol. The number of isothiocyanates is 1. The van der Waals surface area contributed by atoms with Gasteiger partial charge in [-0.3, -0.25) is 4.79 Å². The third-order valence-electron chi connectivity index (χ3n) is 1.63. The van der Waals surface area contributed by atoms with E-state index in [9.17, 15) is 4.79 Å². The number of hydrogen-bond donors (Lipinski definition) is 0. The zero-order chi connectivity index (χ0) is 7.40. The van der Waals surface area contributed by atoms with Crippen LogP contribution in [0.4, 0.5) is 0 Å². The predicted molar refractivity (Wildman–Crippen MR) is 42.0 cm³/mol. The number of thiocarbonyl (C=S) groups is 1. The highest BCUT2D eigenvalue weighted by molar-refractivity contribution is 7.78. The zero-order valence-electron chi connectivity index (χ0n) is 5.67. The Morgan fingerprint density at radius 1 is 1.70 bits per heavy atom. The minimum absolute atomic E-state index is 0.123. The van der Waals surface area contributed by atoms with Crippen molar-refractivity contribution in [3.8, 4) is 0 Å². The Bertz CT molecular complexity index is 180. The largest absolute Gasteiger partial charge is 0.272 e. The minimum Gasteiger partial charge on any atom is -0.272 e. The summed E-state index contributed by atoms with van der Waals surface area (Å²) in [5, 5.41) is 2.07. The molecule has 1 aliphatic carbocycles. The van der Waals surface area contributed by atoms with E-state index in [1.54, 1.807) is 0 Å². The summed E-state index contributed by atoms with van der Waals surface area (Å²) in [6.45, 7) is 0. The number of hydrogen-bond acceptors (Lipinski definition) is 2. The van der Waals surface area contributed by atoms with Crippen LogP contribution in [0.15, 0.2) is 4.99 Å². The van der Waals surface area contributed by atoms with Crippen LogP contribution < -0.4 is 0 Å². The molecule has 0 saturated heterocycles. The van der Waals surface area contributed by atoms with Crippen LogP contribution >= 0.6 is 12.2 Å². The molecule has 1 rings (SSSR count). The molecule has 0 aromatic carbocycles. The molecule has 10 heavy (non-hydrogen) atoms. The lowest BCUT2D eigenvalue weighted by molar-refractivity contribution is -0.117. The van der Waals surface area contributed by atoms with Gasteiger partial charge >= 0.3 is 0 Å². The second-order valence-electron chi connectivity index (χ2n) is 2.58. The number of aliphatic imine (C=N–C) groups is 1. The first kappa shape index (κ1) is 7.58. The number of rotatable bonds is 3. The van der Waals surface area contributed by atoms with Crippen LogP contribution in [0.1, 0.15) is 25.7 Å². The molecule has 1 fully saturated rings. The lowest BCUT2D eigenvalue weighted by Crippen LogP contribution is -1.92. The van der Waals surface area contributed by atoms with Crippen molar-refractivity contribution < 1.29 is 4.79 Å². The monoisotopic (exact) mass is 155 g/mol. The first-order chi connectivity index (χ1) is 4.83. The van der Waals surface area contributed by atoms with E-state index in [0.717, 1.165) is 12.3 Å². The van der Waals surface area contributed by atoms with Crippen LogP contribution in [0.2, 0.25) is 0 Å². The number of carbonyl (C=O) groups excluding carboxylic acids is 1.